The molecule has 21 heavy (non-hydrogen) atoms. The molecular weight excluding hydrogens is 284 g/mol. The summed E-state index contributed by atoms with van der Waals surface area (Å²) in [7, 11) is 0. The highest BCUT2D eigenvalue weighted by atomic mass is 16.6. The van der Waals surface area contributed by atoms with Crippen LogP contribution in [0.1, 0.15) is 11.9 Å². The summed E-state index contributed by atoms with van der Waals surface area (Å²) in [5.41, 5.74) is 0. The smallest absolute Gasteiger partial charge is 0.293 e. The van der Waals surface area contributed by atoms with Crippen LogP contribution in [0.25, 0.3) is 11.7 Å². The van der Waals surface area contributed by atoms with Crippen molar-refractivity contribution in [3.05, 3.63) is 24.2 Å². The van der Waals surface area contributed by atoms with Crippen molar-refractivity contribution in [2.45, 2.75) is 30.5 Å². The van der Waals surface area contributed by atoms with E-state index in [0.717, 1.165) is 0 Å². The summed E-state index contributed by atoms with van der Waals surface area (Å²) in [6, 6.07) is 3.26. The van der Waals surface area contributed by atoms with Gasteiger partial charge in [0.05, 0.1) is 12.9 Å². The first-order valence-corrected chi connectivity index (χ1v) is 6.30. The van der Waals surface area contributed by atoms with Gasteiger partial charge >= 0.3 is 0 Å². The average Bonchev–Trinajstić information content (AvgIpc) is 3.15. The number of hydrogen-bond acceptors (Lipinski definition) is 9. The molecule has 1 aliphatic rings. The van der Waals surface area contributed by atoms with Gasteiger partial charge in [-0.25, -0.2) is 0 Å². The van der Waals surface area contributed by atoms with Gasteiger partial charge in [0.15, 0.2) is 5.76 Å². The molecule has 0 aliphatic carbocycles. The minimum absolute atomic E-state index is 0.0155. The van der Waals surface area contributed by atoms with E-state index in [4.69, 9.17) is 18.8 Å². The SMILES string of the molecule is OC[C@H]1O[C@@H](c2noc(-c3ccco3)n2)[C@H](O)[C@@H](O)[C@@H]1O. The van der Waals surface area contributed by atoms with Gasteiger partial charge in [0.2, 0.25) is 5.82 Å². The van der Waals surface area contributed by atoms with E-state index in [9.17, 15) is 15.3 Å². The molecule has 1 fully saturated rings. The van der Waals surface area contributed by atoms with Crippen LogP contribution in [-0.2, 0) is 4.74 Å². The van der Waals surface area contributed by atoms with Crippen molar-refractivity contribution >= 4 is 0 Å². The molecule has 1 saturated heterocycles. The molecular formula is C12H14N2O7. The molecule has 3 heterocycles. The van der Waals surface area contributed by atoms with Crippen LogP contribution in [0.3, 0.4) is 0 Å². The lowest BCUT2D eigenvalue weighted by atomic mass is 9.95. The van der Waals surface area contributed by atoms with E-state index >= 15 is 0 Å². The highest BCUT2D eigenvalue weighted by molar-refractivity contribution is 5.42. The van der Waals surface area contributed by atoms with Crippen molar-refractivity contribution in [2.24, 2.45) is 0 Å². The minimum atomic E-state index is -1.49. The van der Waals surface area contributed by atoms with Gasteiger partial charge in [-0.15, -0.1) is 0 Å². The Labute approximate surface area is 118 Å². The maximum Gasteiger partial charge on any atom is 0.293 e. The van der Waals surface area contributed by atoms with Gasteiger partial charge in [0, 0.05) is 0 Å². The Bertz CT molecular complexity index is 582. The third-order valence-electron chi connectivity index (χ3n) is 3.32. The summed E-state index contributed by atoms with van der Waals surface area (Å²) in [4.78, 5) is 4.02. The highest BCUT2D eigenvalue weighted by Gasteiger charge is 2.45. The molecule has 3 rings (SSSR count). The van der Waals surface area contributed by atoms with E-state index in [0.29, 0.717) is 5.76 Å². The number of aliphatic hydroxyl groups is 4. The van der Waals surface area contributed by atoms with E-state index in [1.54, 1.807) is 12.1 Å². The van der Waals surface area contributed by atoms with Crippen LogP contribution in [0.5, 0.6) is 0 Å². The Kier molecular flexibility index (Phi) is 3.74. The molecule has 0 amide bonds. The van der Waals surface area contributed by atoms with Gasteiger partial charge < -0.3 is 34.1 Å². The van der Waals surface area contributed by atoms with Gasteiger partial charge in [-0.1, -0.05) is 5.16 Å². The lowest BCUT2D eigenvalue weighted by Crippen LogP contribution is -2.55. The molecule has 9 nitrogen and oxygen atoms in total. The Morgan fingerprint density at radius 3 is 2.62 bits per heavy atom. The third kappa shape index (κ3) is 2.45. The topological polar surface area (TPSA) is 142 Å². The largest absolute Gasteiger partial charge is 0.459 e. The predicted molar refractivity (Wildman–Crippen MR) is 64.7 cm³/mol. The highest BCUT2D eigenvalue weighted by Crippen LogP contribution is 2.31. The van der Waals surface area contributed by atoms with Crippen LogP contribution in [0.2, 0.25) is 0 Å². The first-order valence-electron chi connectivity index (χ1n) is 6.30. The first kappa shape index (κ1) is 14.2. The number of rotatable bonds is 3. The van der Waals surface area contributed by atoms with Crippen LogP contribution < -0.4 is 0 Å². The molecule has 114 valence electrons. The minimum Gasteiger partial charge on any atom is -0.459 e. The van der Waals surface area contributed by atoms with E-state index in [-0.39, 0.29) is 11.7 Å². The van der Waals surface area contributed by atoms with Gasteiger partial charge in [-0.3, -0.25) is 0 Å². The molecule has 0 saturated carbocycles. The number of aliphatic hydroxyl groups excluding tert-OH is 4. The molecule has 1 aliphatic heterocycles. The van der Waals surface area contributed by atoms with Crippen LogP contribution in [-0.4, -0.2) is 61.6 Å². The summed E-state index contributed by atoms with van der Waals surface area (Å²) >= 11 is 0. The summed E-state index contributed by atoms with van der Waals surface area (Å²) in [6.07, 6.45) is -5.10. The summed E-state index contributed by atoms with van der Waals surface area (Å²) < 4.78 is 15.4. The Morgan fingerprint density at radius 2 is 1.95 bits per heavy atom. The molecule has 0 unspecified atom stereocenters. The summed E-state index contributed by atoms with van der Waals surface area (Å²) in [6.45, 7) is -0.523. The standard InChI is InChI=1S/C12H14N2O7/c15-4-6-7(16)8(17)9(18)10(20-6)11-13-12(21-14-11)5-2-1-3-19-5/h1-3,6-10,15-18H,4H2/t6-,7-,8+,9-,10-/m1/s1. The third-order valence-corrected chi connectivity index (χ3v) is 3.32. The van der Waals surface area contributed by atoms with E-state index in [2.05, 4.69) is 10.1 Å². The zero-order valence-corrected chi connectivity index (χ0v) is 10.7. The van der Waals surface area contributed by atoms with E-state index in [1.807, 2.05) is 0 Å². The fraction of sp³-hybridized carbons (Fsp3) is 0.500. The second-order valence-electron chi connectivity index (χ2n) is 4.68. The maximum absolute atomic E-state index is 9.95. The zero-order chi connectivity index (χ0) is 15.0. The molecule has 0 aromatic carbocycles. The van der Waals surface area contributed by atoms with Crippen LogP contribution in [0.4, 0.5) is 0 Å². The Morgan fingerprint density at radius 1 is 1.14 bits per heavy atom. The molecule has 9 heteroatoms. The second-order valence-corrected chi connectivity index (χ2v) is 4.68. The molecule has 4 N–H and O–H groups in total. The van der Waals surface area contributed by atoms with Gasteiger partial charge in [0.1, 0.15) is 30.5 Å². The monoisotopic (exact) mass is 298 g/mol. The number of hydrogen-bond donors (Lipinski definition) is 4. The Hall–Kier alpha value is -1.78. The van der Waals surface area contributed by atoms with Crippen molar-refractivity contribution in [2.75, 3.05) is 6.61 Å². The normalized spacial score (nSPS) is 33.2. The van der Waals surface area contributed by atoms with Crippen LogP contribution >= 0.6 is 0 Å². The molecule has 0 radical (unpaired) electrons. The van der Waals surface area contributed by atoms with Crippen molar-refractivity contribution in [3.63, 3.8) is 0 Å². The number of ether oxygens (including phenoxy) is 1. The van der Waals surface area contributed by atoms with Gasteiger partial charge in [-0.2, -0.15) is 4.98 Å². The second kappa shape index (κ2) is 5.54. The first-order chi connectivity index (χ1) is 10.1. The fourth-order valence-electron chi connectivity index (χ4n) is 2.17. The Balaban J connectivity index is 1.85. The number of furan rings is 1. The van der Waals surface area contributed by atoms with Crippen LogP contribution in [0.15, 0.2) is 27.3 Å². The molecule has 0 bridgehead atoms. The number of nitrogens with zero attached hydrogens (tertiary/aromatic N) is 2. The summed E-state index contributed by atoms with van der Waals surface area (Å²) in [5.74, 6) is 0.420. The molecule has 2 aromatic heterocycles. The van der Waals surface area contributed by atoms with Gasteiger partial charge in [-0.05, 0) is 12.1 Å². The summed E-state index contributed by atoms with van der Waals surface area (Å²) in [5, 5.41) is 42.2. The lowest BCUT2D eigenvalue weighted by Gasteiger charge is -2.38. The van der Waals surface area contributed by atoms with E-state index in [1.165, 1.54) is 6.26 Å². The fourth-order valence-corrected chi connectivity index (χ4v) is 2.17. The molecule has 5 atom stereocenters. The molecule has 2 aromatic rings. The van der Waals surface area contributed by atoms with Crippen molar-refractivity contribution in [3.8, 4) is 11.7 Å². The maximum atomic E-state index is 9.95. The zero-order valence-electron chi connectivity index (χ0n) is 10.7. The van der Waals surface area contributed by atoms with Crippen molar-refractivity contribution in [1.82, 2.24) is 10.1 Å². The molecule has 0 spiro atoms. The van der Waals surface area contributed by atoms with E-state index < -0.39 is 37.1 Å². The van der Waals surface area contributed by atoms with Crippen LogP contribution in [0, 0.1) is 0 Å². The quantitative estimate of drug-likeness (QED) is 0.552. The van der Waals surface area contributed by atoms with Gasteiger partial charge in [0.25, 0.3) is 5.89 Å². The average molecular weight is 298 g/mol. The van der Waals surface area contributed by atoms with Crippen molar-refractivity contribution < 1.29 is 34.1 Å². The van der Waals surface area contributed by atoms with Crippen molar-refractivity contribution in [1.29, 1.82) is 0 Å². The number of aromatic nitrogens is 2. The predicted octanol–water partition coefficient (Wildman–Crippen LogP) is -1.16. The lowest BCUT2D eigenvalue weighted by molar-refractivity contribution is -0.233.